The molecular formula is C9H15NO5. The van der Waals surface area contributed by atoms with Crippen LogP contribution in [0.2, 0.25) is 0 Å². The summed E-state index contributed by atoms with van der Waals surface area (Å²) >= 11 is 0. The zero-order valence-electron chi connectivity index (χ0n) is 8.56. The van der Waals surface area contributed by atoms with Gasteiger partial charge in [-0.2, -0.15) is 0 Å². The summed E-state index contributed by atoms with van der Waals surface area (Å²) in [6.45, 7) is 2.71. The quantitative estimate of drug-likeness (QED) is 0.655. The molecule has 15 heavy (non-hydrogen) atoms. The largest absolute Gasteiger partial charge is 0.480 e. The van der Waals surface area contributed by atoms with Gasteiger partial charge in [-0.15, -0.1) is 0 Å². The summed E-state index contributed by atoms with van der Waals surface area (Å²) in [4.78, 5) is 22.2. The number of ether oxygens (including phenoxy) is 2. The molecule has 86 valence electrons. The van der Waals surface area contributed by atoms with Crippen molar-refractivity contribution in [2.45, 2.75) is 25.5 Å². The fourth-order valence-electron chi connectivity index (χ4n) is 1.24. The Morgan fingerprint density at radius 2 is 2.27 bits per heavy atom. The Bertz CT molecular complexity index is 237. The molecule has 1 aliphatic heterocycles. The molecule has 0 aromatic rings. The first-order valence-electron chi connectivity index (χ1n) is 4.87. The van der Waals surface area contributed by atoms with Gasteiger partial charge in [0, 0.05) is 0 Å². The SMILES string of the molecule is CC[C@@H](NC(=O)C1COCCO1)C(=O)O. The Morgan fingerprint density at radius 3 is 2.73 bits per heavy atom. The topological polar surface area (TPSA) is 84.9 Å². The average molecular weight is 217 g/mol. The predicted molar refractivity (Wildman–Crippen MR) is 50.4 cm³/mol. The number of carbonyl (C=O) groups excluding carboxylic acids is 1. The molecule has 2 N–H and O–H groups in total. The van der Waals surface area contributed by atoms with Crippen LogP contribution in [0.25, 0.3) is 0 Å². The van der Waals surface area contributed by atoms with Crippen LogP contribution in [0, 0.1) is 0 Å². The first-order chi connectivity index (χ1) is 7.15. The molecule has 0 radical (unpaired) electrons. The summed E-state index contributed by atoms with van der Waals surface area (Å²) < 4.78 is 10.2. The van der Waals surface area contributed by atoms with Crippen molar-refractivity contribution in [3.8, 4) is 0 Å². The molecule has 0 bridgehead atoms. The second-order valence-electron chi connectivity index (χ2n) is 3.24. The van der Waals surface area contributed by atoms with Crippen LogP contribution in [0.15, 0.2) is 0 Å². The van der Waals surface area contributed by atoms with E-state index in [1.807, 2.05) is 0 Å². The van der Waals surface area contributed by atoms with Crippen LogP contribution >= 0.6 is 0 Å². The Labute approximate surface area is 87.5 Å². The molecule has 6 heteroatoms. The minimum absolute atomic E-state index is 0.182. The lowest BCUT2D eigenvalue weighted by Crippen LogP contribution is -2.49. The summed E-state index contributed by atoms with van der Waals surface area (Å²) in [5.74, 6) is -1.47. The molecule has 0 aromatic heterocycles. The third-order valence-corrected chi connectivity index (χ3v) is 2.13. The molecule has 1 fully saturated rings. The van der Waals surface area contributed by atoms with Crippen LogP contribution in [0.5, 0.6) is 0 Å². The lowest BCUT2D eigenvalue weighted by atomic mass is 10.2. The van der Waals surface area contributed by atoms with Crippen LogP contribution in [-0.2, 0) is 19.1 Å². The molecule has 0 saturated carbocycles. The van der Waals surface area contributed by atoms with Crippen LogP contribution < -0.4 is 5.32 Å². The van der Waals surface area contributed by atoms with Gasteiger partial charge in [0.2, 0.25) is 0 Å². The molecule has 0 aromatic carbocycles. The van der Waals surface area contributed by atoms with Gasteiger partial charge in [0.05, 0.1) is 19.8 Å². The molecule has 1 heterocycles. The van der Waals surface area contributed by atoms with Gasteiger partial charge in [-0.05, 0) is 6.42 Å². The van der Waals surface area contributed by atoms with Crippen molar-refractivity contribution in [1.82, 2.24) is 5.32 Å². The van der Waals surface area contributed by atoms with Gasteiger partial charge < -0.3 is 19.9 Å². The van der Waals surface area contributed by atoms with Gasteiger partial charge in [0.15, 0.2) is 6.10 Å². The number of carbonyl (C=O) groups is 2. The van der Waals surface area contributed by atoms with Gasteiger partial charge in [-0.3, -0.25) is 4.79 Å². The summed E-state index contributed by atoms with van der Waals surface area (Å²) in [6.07, 6.45) is -0.346. The van der Waals surface area contributed by atoms with E-state index in [2.05, 4.69) is 5.32 Å². The van der Waals surface area contributed by atoms with E-state index in [1.165, 1.54) is 0 Å². The van der Waals surface area contributed by atoms with E-state index in [9.17, 15) is 9.59 Å². The van der Waals surface area contributed by atoms with Crippen LogP contribution in [0.3, 0.4) is 0 Å². The maximum Gasteiger partial charge on any atom is 0.326 e. The predicted octanol–water partition coefficient (Wildman–Crippen LogP) is -0.619. The number of carboxylic acid groups (broad SMARTS) is 1. The molecule has 1 saturated heterocycles. The first-order valence-corrected chi connectivity index (χ1v) is 4.87. The average Bonchev–Trinajstić information content (AvgIpc) is 2.26. The van der Waals surface area contributed by atoms with Gasteiger partial charge in [-0.1, -0.05) is 6.92 Å². The van der Waals surface area contributed by atoms with Crippen molar-refractivity contribution in [2.24, 2.45) is 0 Å². The van der Waals surface area contributed by atoms with Gasteiger partial charge in [0.25, 0.3) is 5.91 Å². The van der Waals surface area contributed by atoms with Crippen LogP contribution in [-0.4, -0.2) is 48.9 Å². The lowest BCUT2D eigenvalue weighted by Gasteiger charge is -2.23. The molecule has 6 nitrogen and oxygen atoms in total. The number of hydrogen-bond donors (Lipinski definition) is 2. The van der Waals surface area contributed by atoms with E-state index < -0.39 is 24.0 Å². The second kappa shape index (κ2) is 5.67. The maximum atomic E-state index is 11.5. The molecule has 0 spiro atoms. The van der Waals surface area contributed by atoms with Crippen LogP contribution in [0.4, 0.5) is 0 Å². The van der Waals surface area contributed by atoms with E-state index in [0.717, 1.165) is 0 Å². The Hall–Kier alpha value is -1.14. The Balaban J connectivity index is 2.42. The van der Waals surface area contributed by atoms with Crippen molar-refractivity contribution in [1.29, 1.82) is 0 Å². The Kier molecular flexibility index (Phi) is 4.51. The highest BCUT2D eigenvalue weighted by Crippen LogP contribution is 2.02. The highest BCUT2D eigenvalue weighted by molar-refractivity contribution is 5.86. The van der Waals surface area contributed by atoms with Gasteiger partial charge >= 0.3 is 5.97 Å². The van der Waals surface area contributed by atoms with Gasteiger partial charge in [0.1, 0.15) is 6.04 Å². The fraction of sp³-hybridized carbons (Fsp3) is 0.778. The molecule has 1 unspecified atom stereocenters. The summed E-state index contributed by atoms with van der Waals surface area (Å²) in [6, 6.07) is -0.858. The number of amides is 1. The van der Waals surface area contributed by atoms with Crippen LogP contribution in [0.1, 0.15) is 13.3 Å². The standard InChI is InChI=1S/C9H15NO5/c1-2-6(9(12)13)10-8(11)7-5-14-3-4-15-7/h6-7H,2-5H2,1H3,(H,10,11)(H,12,13)/t6-,7?/m1/s1. The number of hydrogen-bond acceptors (Lipinski definition) is 4. The van der Waals surface area contributed by atoms with Crippen molar-refractivity contribution in [3.63, 3.8) is 0 Å². The van der Waals surface area contributed by atoms with Crippen molar-refractivity contribution >= 4 is 11.9 Å². The summed E-state index contributed by atoms with van der Waals surface area (Å²) in [5, 5.41) is 11.1. The highest BCUT2D eigenvalue weighted by atomic mass is 16.6. The van der Waals surface area contributed by atoms with Crippen molar-refractivity contribution in [2.75, 3.05) is 19.8 Å². The molecule has 1 rings (SSSR count). The Morgan fingerprint density at radius 1 is 1.53 bits per heavy atom. The van der Waals surface area contributed by atoms with E-state index in [4.69, 9.17) is 14.6 Å². The highest BCUT2D eigenvalue weighted by Gasteiger charge is 2.26. The molecule has 1 amide bonds. The van der Waals surface area contributed by atoms with E-state index >= 15 is 0 Å². The van der Waals surface area contributed by atoms with E-state index in [-0.39, 0.29) is 6.61 Å². The normalized spacial score (nSPS) is 23.1. The number of carboxylic acids is 1. The minimum atomic E-state index is -1.04. The number of aliphatic carboxylic acids is 1. The summed E-state index contributed by atoms with van der Waals surface area (Å²) in [5.41, 5.74) is 0. The van der Waals surface area contributed by atoms with Gasteiger partial charge in [-0.25, -0.2) is 4.79 Å². The maximum absolute atomic E-state index is 11.5. The number of nitrogens with one attached hydrogen (secondary N) is 1. The molecule has 0 aliphatic carbocycles. The molecule has 2 atom stereocenters. The smallest absolute Gasteiger partial charge is 0.326 e. The number of rotatable bonds is 4. The zero-order valence-corrected chi connectivity index (χ0v) is 8.56. The zero-order chi connectivity index (χ0) is 11.3. The fourth-order valence-corrected chi connectivity index (χ4v) is 1.24. The molecule has 1 aliphatic rings. The lowest BCUT2D eigenvalue weighted by molar-refractivity contribution is -0.152. The van der Waals surface area contributed by atoms with Crippen molar-refractivity contribution < 1.29 is 24.2 Å². The monoisotopic (exact) mass is 217 g/mol. The summed E-state index contributed by atoms with van der Waals surface area (Å²) in [7, 11) is 0. The minimum Gasteiger partial charge on any atom is -0.480 e. The first kappa shape index (κ1) is 11.9. The third-order valence-electron chi connectivity index (χ3n) is 2.13. The van der Waals surface area contributed by atoms with Crippen molar-refractivity contribution in [3.05, 3.63) is 0 Å². The third kappa shape index (κ3) is 3.49. The second-order valence-corrected chi connectivity index (χ2v) is 3.24. The van der Waals surface area contributed by atoms with E-state index in [1.54, 1.807) is 6.92 Å². The van der Waals surface area contributed by atoms with E-state index in [0.29, 0.717) is 19.6 Å². The molecular weight excluding hydrogens is 202 g/mol.